The fraction of sp³-hybridized carbons (Fsp3) is 0.529. The zero-order valence-corrected chi connectivity index (χ0v) is 14.7. The Hall–Kier alpha value is -2.38. The van der Waals surface area contributed by atoms with Crippen LogP contribution in [0.2, 0.25) is 0 Å². The third kappa shape index (κ3) is 6.21. The second kappa shape index (κ2) is 9.80. The van der Waals surface area contributed by atoms with E-state index in [1.807, 2.05) is 13.8 Å². The zero-order valence-electron chi connectivity index (χ0n) is 14.7. The van der Waals surface area contributed by atoms with Crippen LogP contribution in [0.15, 0.2) is 12.1 Å². The Kier molecular flexibility index (Phi) is 8.10. The highest BCUT2D eigenvalue weighted by atomic mass is 19.3. The number of rotatable bonds is 9. The molecule has 0 spiro atoms. The molecule has 8 heteroatoms. The van der Waals surface area contributed by atoms with Crippen LogP contribution in [0, 0.1) is 5.92 Å². The van der Waals surface area contributed by atoms with E-state index in [4.69, 9.17) is 4.74 Å². The van der Waals surface area contributed by atoms with Gasteiger partial charge in [0.2, 0.25) is 5.91 Å². The molecule has 0 bridgehead atoms. The summed E-state index contributed by atoms with van der Waals surface area (Å²) in [6.45, 7) is 0.871. The van der Waals surface area contributed by atoms with Gasteiger partial charge in [0.15, 0.2) is 11.5 Å². The largest absolute Gasteiger partial charge is 0.493 e. The second-order valence-electron chi connectivity index (χ2n) is 5.56. The SMILES string of the molecule is CCCC(C)CC(=O)Nc1cc(OC(F)F)c(OC)cc1C(=O)OC. The number of benzene rings is 1. The number of hydrogen-bond acceptors (Lipinski definition) is 5. The molecule has 0 aliphatic rings. The lowest BCUT2D eigenvalue weighted by atomic mass is 10.0. The number of halogens is 2. The number of anilines is 1. The van der Waals surface area contributed by atoms with Crippen molar-refractivity contribution in [2.24, 2.45) is 5.92 Å². The molecule has 1 amide bonds. The summed E-state index contributed by atoms with van der Waals surface area (Å²) in [4.78, 5) is 24.1. The molecular weight excluding hydrogens is 336 g/mol. The average molecular weight is 359 g/mol. The number of esters is 1. The van der Waals surface area contributed by atoms with Crippen molar-refractivity contribution in [2.75, 3.05) is 19.5 Å². The Bertz CT molecular complexity index is 607. The van der Waals surface area contributed by atoms with E-state index in [0.29, 0.717) is 0 Å². The maximum Gasteiger partial charge on any atom is 0.387 e. The second-order valence-corrected chi connectivity index (χ2v) is 5.56. The minimum Gasteiger partial charge on any atom is -0.493 e. The summed E-state index contributed by atoms with van der Waals surface area (Å²) in [5, 5.41) is 2.56. The number of carbonyl (C=O) groups is 2. The molecule has 0 aliphatic carbocycles. The molecule has 1 atom stereocenters. The summed E-state index contributed by atoms with van der Waals surface area (Å²) in [5.74, 6) is -1.28. The molecule has 1 N–H and O–H groups in total. The first-order valence-corrected chi connectivity index (χ1v) is 7.87. The highest BCUT2D eigenvalue weighted by molar-refractivity contribution is 6.02. The van der Waals surface area contributed by atoms with Gasteiger partial charge < -0.3 is 19.5 Å². The Labute approximate surface area is 145 Å². The van der Waals surface area contributed by atoms with E-state index in [2.05, 4.69) is 14.8 Å². The fourth-order valence-corrected chi connectivity index (χ4v) is 2.40. The molecule has 6 nitrogen and oxygen atoms in total. The lowest BCUT2D eigenvalue weighted by Gasteiger charge is -2.16. The van der Waals surface area contributed by atoms with Gasteiger partial charge in [0, 0.05) is 18.6 Å². The van der Waals surface area contributed by atoms with Crippen LogP contribution in [-0.4, -0.2) is 32.7 Å². The van der Waals surface area contributed by atoms with Crippen molar-refractivity contribution < 1.29 is 32.6 Å². The van der Waals surface area contributed by atoms with Crippen LogP contribution in [-0.2, 0) is 9.53 Å². The van der Waals surface area contributed by atoms with Gasteiger partial charge >= 0.3 is 12.6 Å². The van der Waals surface area contributed by atoms with Gasteiger partial charge in [0.05, 0.1) is 25.5 Å². The van der Waals surface area contributed by atoms with Gasteiger partial charge in [-0.1, -0.05) is 26.7 Å². The van der Waals surface area contributed by atoms with Gasteiger partial charge in [-0.3, -0.25) is 4.79 Å². The minimum absolute atomic E-state index is 0.0162. The predicted octanol–water partition coefficient (Wildman–Crippen LogP) is 3.85. The van der Waals surface area contributed by atoms with Crippen molar-refractivity contribution in [3.8, 4) is 11.5 Å². The highest BCUT2D eigenvalue weighted by Gasteiger charge is 2.21. The molecule has 0 fully saturated rings. The molecule has 0 radical (unpaired) electrons. The van der Waals surface area contributed by atoms with Crippen molar-refractivity contribution in [3.63, 3.8) is 0 Å². The number of alkyl halides is 2. The van der Waals surface area contributed by atoms with Crippen LogP contribution >= 0.6 is 0 Å². The first kappa shape index (κ1) is 20.7. The zero-order chi connectivity index (χ0) is 19.0. The number of nitrogens with one attached hydrogen (secondary N) is 1. The summed E-state index contributed by atoms with van der Waals surface area (Å²) in [5.41, 5.74) is 0.00876. The molecule has 0 heterocycles. The number of amides is 1. The van der Waals surface area contributed by atoms with Gasteiger partial charge in [-0.15, -0.1) is 0 Å². The molecule has 0 saturated carbocycles. The Morgan fingerprint density at radius 3 is 2.40 bits per heavy atom. The summed E-state index contributed by atoms with van der Waals surface area (Å²) >= 11 is 0. The molecule has 0 aliphatic heterocycles. The fourth-order valence-electron chi connectivity index (χ4n) is 2.40. The van der Waals surface area contributed by atoms with E-state index >= 15 is 0 Å². The van der Waals surface area contributed by atoms with Crippen LogP contribution < -0.4 is 14.8 Å². The molecule has 25 heavy (non-hydrogen) atoms. The maximum absolute atomic E-state index is 12.6. The van der Waals surface area contributed by atoms with Crippen LogP contribution in [0.25, 0.3) is 0 Å². The molecule has 140 valence electrons. The third-order valence-corrected chi connectivity index (χ3v) is 3.51. The molecule has 0 aromatic heterocycles. The van der Waals surface area contributed by atoms with E-state index in [0.717, 1.165) is 18.9 Å². The first-order valence-electron chi connectivity index (χ1n) is 7.87. The van der Waals surface area contributed by atoms with Crippen molar-refractivity contribution in [3.05, 3.63) is 17.7 Å². The van der Waals surface area contributed by atoms with E-state index in [1.165, 1.54) is 20.3 Å². The Morgan fingerprint density at radius 1 is 1.20 bits per heavy atom. The average Bonchev–Trinajstić information content (AvgIpc) is 2.53. The van der Waals surface area contributed by atoms with Crippen LogP contribution in [0.5, 0.6) is 11.5 Å². The van der Waals surface area contributed by atoms with E-state index in [1.54, 1.807) is 0 Å². The van der Waals surface area contributed by atoms with E-state index in [-0.39, 0.29) is 41.0 Å². The van der Waals surface area contributed by atoms with Crippen molar-refractivity contribution >= 4 is 17.6 Å². The van der Waals surface area contributed by atoms with Gasteiger partial charge in [0.25, 0.3) is 0 Å². The van der Waals surface area contributed by atoms with Crippen molar-refractivity contribution in [2.45, 2.75) is 39.7 Å². The van der Waals surface area contributed by atoms with Crippen molar-refractivity contribution in [1.29, 1.82) is 0 Å². The Balaban J connectivity index is 3.16. The maximum atomic E-state index is 12.6. The van der Waals surface area contributed by atoms with Crippen molar-refractivity contribution in [1.82, 2.24) is 0 Å². The van der Waals surface area contributed by atoms with E-state index < -0.39 is 12.6 Å². The molecular formula is C17H23F2NO5. The van der Waals surface area contributed by atoms with E-state index in [9.17, 15) is 18.4 Å². The monoisotopic (exact) mass is 359 g/mol. The molecule has 1 aromatic carbocycles. The normalized spacial score (nSPS) is 11.8. The number of ether oxygens (including phenoxy) is 3. The highest BCUT2D eigenvalue weighted by Crippen LogP contribution is 2.35. The summed E-state index contributed by atoms with van der Waals surface area (Å²) in [6, 6.07) is 2.31. The number of hydrogen-bond donors (Lipinski definition) is 1. The van der Waals surface area contributed by atoms with Crippen LogP contribution in [0.4, 0.5) is 14.5 Å². The Morgan fingerprint density at radius 2 is 1.88 bits per heavy atom. The molecule has 1 unspecified atom stereocenters. The summed E-state index contributed by atoms with van der Waals surface area (Å²) in [6.07, 6.45) is 2.06. The van der Waals surface area contributed by atoms with Gasteiger partial charge in [-0.25, -0.2) is 4.79 Å². The summed E-state index contributed by atoms with van der Waals surface area (Å²) in [7, 11) is 2.42. The standard InChI is InChI=1S/C17H23F2NO5/c1-5-6-10(2)7-15(21)20-12-9-14(25-17(18)19)13(23-3)8-11(12)16(22)24-4/h8-10,17H,5-7H2,1-4H3,(H,20,21). The van der Waals surface area contributed by atoms with Crippen LogP contribution in [0.1, 0.15) is 43.5 Å². The van der Waals surface area contributed by atoms with Gasteiger partial charge in [-0.05, 0) is 5.92 Å². The van der Waals surface area contributed by atoms with Gasteiger partial charge in [-0.2, -0.15) is 8.78 Å². The first-order chi connectivity index (χ1) is 11.8. The number of carbonyl (C=O) groups excluding carboxylic acids is 2. The minimum atomic E-state index is -3.08. The molecule has 1 rings (SSSR count). The van der Waals surface area contributed by atoms with Crippen LogP contribution in [0.3, 0.4) is 0 Å². The van der Waals surface area contributed by atoms with Gasteiger partial charge in [0.1, 0.15) is 0 Å². The topological polar surface area (TPSA) is 73.9 Å². The molecule has 0 saturated heterocycles. The predicted molar refractivity (Wildman–Crippen MR) is 88.3 cm³/mol. The third-order valence-electron chi connectivity index (χ3n) is 3.51. The summed E-state index contributed by atoms with van der Waals surface area (Å²) < 4.78 is 39.1. The lowest BCUT2D eigenvalue weighted by Crippen LogP contribution is -2.18. The smallest absolute Gasteiger partial charge is 0.387 e. The molecule has 1 aromatic rings. The quantitative estimate of drug-likeness (QED) is 0.678. The number of methoxy groups -OCH3 is 2. The lowest BCUT2D eigenvalue weighted by molar-refractivity contribution is -0.117.